The number of aliphatic hydroxyl groups excluding tert-OH is 1. The van der Waals surface area contributed by atoms with Crippen molar-refractivity contribution in [1.29, 1.82) is 0 Å². The molecule has 2 unspecified atom stereocenters. The number of pyridine rings is 2. The largest absolute Gasteiger partial charge is 0.481 e. The normalized spacial score (nSPS) is 24.7. The van der Waals surface area contributed by atoms with Crippen LogP contribution in [0.25, 0.3) is 20.7 Å². The highest BCUT2D eigenvalue weighted by atomic mass is 32.1. The molecule has 0 aromatic carbocycles. The van der Waals surface area contributed by atoms with E-state index in [4.69, 9.17) is 14.5 Å². The fraction of sp³-hybridized carbons (Fsp3) is 0.500. The third kappa shape index (κ3) is 4.37. The van der Waals surface area contributed by atoms with Crippen LogP contribution in [0.1, 0.15) is 32.3 Å². The number of amides is 2. The summed E-state index contributed by atoms with van der Waals surface area (Å²) in [6.07, 6.45) is 5.51. The molecule has 1 saturated carbocycles. The number of carbonyl (C=O) groups excluding carboxylic acids is 1. The molecule has 2 atom stereocenters. The number of urea groups is 1. The lowest BCUT2D eigenvalue weighted by Gasteiger charge is -2.46. The molecule has 8 nitrogen and oxygen atoms in total. The lowest BCUT2D eigenvalue weighted by atomic mass is 9.77. The molecule has 9 heteroatoms. The third-order valence-electron chi connectivity index (χ3n) is 7.20. The second-order valence-electron chi connectivity index (χ2n) is 9.70. The van der Waals surface area contributed by atoms with Crippen LogP contribution in [0, 0.1) is 11.8 Å². The van der Waals surface area contributed by atoms with Crippen LogP contribution in [0.5, 0.6) is 5.88 Å². The average Bonchev–Trinajstić information content (AvgIpc) is 3.29. The van der Waals surface area contributed by atoms with Crippen molar-refractivity contribution in [2.75, 3.05) is 32.3 Å². The van der Waals surface area contributed by atoms with Gasteiger partial charge in [-0.25, -0.2) is 14.8 Å². The van der Waals surface area contributed by atoms with Gasteiger partial charge in [0.2, 0.25) is 5.88 Å². The van der Waals surface area contributed by atoms with E-state index in [1.54, 1.807) is 23.3 Å². The highest BCUT2D eigenvalue weighted by Gasteiger charge is 2.42. The summed E-state index contributed by atoms with van der Waals surface area (Å²) in [7, 11) is 3.46. The molecule has 3 aromatic heterocycles. The van der Waals surface area contributed by atoms with E-state index in [1.807, 2.05) is 36.5 Å². The molecule has 1 aliphatic carbocycles. The number of aromatic nitrogens is 2. The van der Waals surface area contributed by atoms with Crippen molar-refractivity contribution in [3.8, 4) is 16.3 Å². The fourth-order valence-electron chi connectivity index (χ4n) is 5.66. The Morgan fingerprint density at radius 1 is 1.17 bits per heavy atom. The molecule has 0 saturated heterocycles. The van der Waals surface area contributed by atoms with E-state index in [1.165, 1.54) is 0 Å². The molecule has 1 fully saturated rings. The Morgan fingerprint density at radius 3 is 2.60 bits per heavy atom. The summed E-state index contributed by atoms with van der Waals surface area (Å²) in [5.41, 5.74) is 3.05. The smallest absolute Gasteiger partial charge is 0.324 e. The van der Waals surface area contributed by atoms with Gasteiger partial charge in [-0.15, -0.1) is 11.3 Å². The molecule has 4 heterocycles. The number of aliphatic hydroxyl groups is 1. The summed E-state index contributed by atoms with van der Waals surface area (Å²) >= 11 is 1.61. The Morgan fingerprint density at radius 2 is 1.94 bits per heavy atom. The van der Waals surface area contributed by atoms with Gasteiger partial charge >= 0.3 is 6.03 Å². The minimum Gasteiger partial charge on any atom is -0.481 e. The fourth-order valence-corrected chi connectivity index (χ4v) is 6.65. The highest BCUT2D eigenvalue weighted by Crippen LogP contribution is 2.44. The number of thiophene rings is 1. The van der Waals surface area contributed by atoms with Crippen LogP contribution in [-0.2, 0) is 11.3 Å². The third-order valence-corrected chi connectivity index (χ3v) is 8.29. The number of ether oxygens (including phenoxy) is 2. The first-order valence-electron chi connectivity index (χ1n) is 12.1. The Bertz CT molecular complexity index is 1200. The van der Waals surface area contributed by atoms with Gasteiger partial charge < -0.3 is 19.5 Å². The van der Waals surface area contributed by atoms with Gasteiger partial charge in [0.15, 0.2) is 0 Å². The number of fused-ring (bicyclic) bond motifs is 3. The van der Waals surface area contributed by atoms with Crippen molar-refractivity contribution >= 4 is 33.3 Å². The van der Waals surface area contributed by atoms with E-state index in [0.717, 1.165) is 44.7 Å². The van der Waals surface area contributed by atoms with E-state index < -0.39 is 0 Å². The maximum Gasteiger partial charge on any atom is 0.324 e. The van der Waals surface area contributed by atoms with Gasteiger partial charge in [-0.2, -0.15) is 0 Å². The van der Waals surface area contributed by atoms with Crippen molar-refractivity contribution < 1.29 is 19.4 Å². The topological polar surface area (TPSA) is 88.0 Å². The van der Waals surface area contributed by atoms with Crippen LogP contribution in [0.4, 0.5) is 10.5 Å². The lowest BCUT2D eigenvalue weighted by Crippen LogP contribution is -2.54. The van der Waals surface area contributed by atoms with Gasteiger partial charge in [0.1, 0.15) is 4.83 Å². The molecule has 2 aliphatic rings. The van der Waals surface area contributed by atoms with Gasteiger partial charge in [0, 0.05) is 52.9 Å². The van der Waals surface area contributed by atoms with Crippen molar-refractivity contribution in [3.63, 3.8) is 0 Å². The monoisotopic (exact) mass is 496 g/mol. The standard InChI is InChI=1S/C26H32N4O4S/c1-15-9-19(10-16(2)24(15)34-8-7-31)30-23-18(14-29(3)26(30)32)13-28-25-20(23)11-21(35-25)17-5-6-22(33-4)27-12-17/h5-6,11-13,15-16,19,24,31H,7-10,14H2,1-4H3. The van der Waals surface area contributed by atoms with E-state index >= 15 is 0 Å². The number of nitrogens with zero attached hydrogens (tertiary/aromatic N) is 4. The molecule has 5 rings (SSSR count). The maximum atomic E-state index is 13.6. The minimum absolute atomic E-state index is 0.0251. The van der Waals surface area contributed by atoms with E-state index in [0.29, 0.717) is 19.0 Å². The molecular formula is C26H32N4O4S. The number of methoxy groups -OCH3 is 1. The van der Waals surface area contributed by atoms with Crippen LogP contribution >= 0.6 is 11.3 Å². The summed E-state index contributed by atoms with van der Waals surface area (Å²) in [6, 6.07) is 6.09. The van der Waals surface area contributed by atoms with Crippen molar-refractivity contribution in [1.82, 2.24) is 14.9 Å². The molecule has 0 bridgehead atoms. The molecule has 1 N–H and O–H groups in total. The summed E-state index contributed by atoms with van der Waals surface area (Å²) in [5, 5.41) is 10.2. The zero-order chi connectivity index (χ0) is 24.7. The van der Waals surface area contributed by atoms with Gasteiger partial charge in [-0.05, 0) is 36.8 Å². The molecule has 3 aromatic rings. The van der Waals surface area contributed by atoms with Crippen LogP contribution in [-0.4, -0.2) is 65.5 Å². The molecule has 0 spiro atoms. The molecular weight excluding hydrogens is 464 g/mol. The molecule has 186 valence electrons. The first kappa shape index (κ1) is 24.0. The quantitative estimate of drug-likeness (QED) is 0.539. The number of anilines is 1. The van der Waals surface area contributed by atoms with Crippen molar-refractivity contribution in [2.24, 2.45) is 11.8 Å². The molecule has 1 aliphatic heterocycles. The summed E-state index contributed by atoms with van der Waals surface area (Å²) in [6.45, 7) is 5.29. The first-order valence-corrected chi connectivity index (χ1v) is 12.9. The minimum atomic E-state index is 0.0251. The molecule has 0 radical (unpaired) electrons. The van der Waals surface area contributed by atoms with Gasteiger partial charge in [0.25, 0.3) is 0 Å². The lowest BCUT2D eigenvalue weighted by molar-refractivity contribution is -0.0527. The van der Waals surface area contributed by atoms with Crippen molar-refractivity contribution in [3.05, 3.63) is 36.2 Å². The van der Waals surface area contributed by atoms with Gasteiger partial charge in [0.05, 0.1) is 38.7 Å². The van der Waals surface area contributed by atoms with Crippen LogP contribution in [0.2, 0.25) is 0 Å². The average molecular weight is 497 g/mol. The Labute approximate surface area is 209 Å². The second-order valence-corrected chi connectivity index (χ2v) is 10.7. The van der Waals surface area contributed by atoms with Crippen molar-refractivity contribution in [2.45, 2.75) is 45.4 Å². The Hall–Kier alpha value is -2.75. The highest BCUT2D eigenvalue weighted by molar-refractivity contribution is 7.22. The van der Waals surface area contributed by atoms with Crippen LogP contribution in [0.15, 0.2) is 30.6 Å². The second kappa shape index (κ2) is 9.72. The first-order chi connectivity index (χ1) is 16.9. The SMILES string of the molecule is COc1ccc(-c2cc3c4c(cnc3s2)CN(C)C(=O)N4C2CC(C)C(OCCO)C(C)C2)cn1. The molecule has 2 amide bonds. The number of carbonyl (C=O) groups is 1. The predicted molar refractivity (Wildman–Crippen MR) is 137 cm³/mol. The van der Waals surface area contributed by atoms with Crippen LogP contribution < -0.4 is 9.64 Å². The zero-order valence-corrected chi connectivity index (χ0v) is 21.4. The summed E-state index contributed by atoms with van der Waals surface area (Å²) in [4.78, 5) is 28.5. The summed E-state index contributed by atoms with van der Waals surface area (Å²) < 4.78 is 11.2. The van der Waals surface area contributed by atoms with E-state index in [2.05, 4.69) is 24.9 Å². The van der Waals surface area contributed by atoms with Crippen LogP contribution in [0.3, 0.4) is 0 Å². The zero-order valence-electron chi connectivity index (χ0n) is 20.6. The molecule has 35 heavy (non-hydrogen) atoms. The predicted octanol–water partition coefficient (Wildman–Crippen LogP) is 4.55. The number of rotatable bonds is 6. The van der Waals surface area contributed by atoms with Gasteiger partial charge in [-0.3, -0.25) is 4.90 Å². The Kier molecular flexibility index (Phi) is 6.65. The number of hydrogen-bond acceptors (Lipinski definition) is 7. The van der Waals surface area contributed by atoms with E-state index in [9.17, 15) is 9.90 Å². The Balaban J connectivity index is 1.54. The number of hydrogen-bond donors (Lipinski definition) is 1. The maximum absolute atomic E-state index is 13.6. The van der Waals surface area contributed by atoms with Gasteiger partial charge in [-0.1, -0.05) is 13.8 Å². The summed E-state index contributed by atoms with van der Waals surface area (Å²) in [5.74, 6) is 1.13. The van der Waals surface area contributed by atoms with E-state index in [-0.39, 0.29) is 36.6 Å².